The minimum Gasteiger partial charge on any atom is -0.339 e. The molecule has 5 heteroatoms. The van der Waals surface area contributed by atoms with Crippen molar-refractivity contribution in [3.63, 3.8) is 0 Å². The molecule has 0 unspecified atom stereocenters. The van der Waals surface area contributed by atoms with Gasteiger partial charge in [-0.15, -0.1) is 0 Å². The number of nitrogens with zero attached hydrogens (tertiary/aromatic N) is 4. The molecule has 3 aromatic rings. The minimum atomic E-state index is 0.0526. The van der Waals surface area contributed by atoms with E-state index in [0.717, 1.165) is 33.3 Å². The number of aromatic nitrogens is 3. The van der Waals surface area contributed by atoms with Crippen LogP contribution in [0.3, 0.4) is 0 Å². The Morgan fingerprint density at radius 1 is 1.15 bits per heavy atom. The summed E-state index contributed by atoms with van der Waals surface area (Å²) in [6.45, 7) is 13.7. The van der Waals surface area contributed by atoms with E-state index >= 15 is 0 Å². The Kier molecular flexibility index (Phi) is 5.31. The third kappa shape index (κ3) is 3.59. The number of hydrogen-bond donors (Lipinski definition) is 0. The molecule has 2 aromatic heterocycles. The van der Waals surface area contributed by atoms with Gasteiger partial charge in [-0.3, -0.25) is 9.48 Å². The van der Waals surface area contributed by atoms with E-state index < -0.39 is 0 Å². The lowest BCUT2D eigenvalue weighted by atomic mass is 9.98. The summed E-state index contributed by atoms with van der Waals surface area (Å²) in [6, 6.07) is 6.37. The molecule has 0 aliphatic rings. The van der Waals surface area contributed by atoms with Crippen molar-refractivity contribution in [1.29, 1.82) is 0 Å². The molecule has 0 radical (unpaired) electrons. The van der Waals surface area contributed by atoms with Gasteiger partial charge < -0.3 is 4.90 Å². The number of amides is 1. The highest BCUT2D eigenvalue weighted by Gasteiger charge is 2.20. The number of hydrogen-bond acceptors (Lipinski definition) is 3. The summed E-state index contributed by atoms with van der Waals surface area (Å²) in [5.74, 6) is 0.0526. The molecule has 1 amide bonds. The van der Waals surface area contributed by atoms with E-state index in [4.69, 9.17) is 4.98 Å². The van der Waals surface area contributed by atoms with Gasteiger partial charge in [-0.05, 0) is 64.8 Å². The molecule has 27 heavy (non-hydrogen) atoms. The maximum atomic E-state index is 13.2. The molecule has 1 aromatic carbocycles. The van der Waals surface area contributed by atoms with Gasteiger partial charge >= 0.3 is 0 Å². The average molecular weight is 364 g/mol. The fourth-order valence-electron chi connectivity index (χ4n) is 3.51. The smallest absolute Gasteiger partial charge is 0.254 e. The Bertz CT molecular complexity index is 983. The molecule has 0 aliphatic carbocycles. The number of carbonyl (C=O) groups is 1. The fourth-order valence-corrected chi connectivity index (χ4v) is 3.51. The Hall–Kier alpha value is -2.69. The highest BCUT2D eigenvalue weighted by atomic mass is 16.2. The predicted octanol–water partition coefficient (Wildman–Crippen LogP) is 4.78. The highest BCUT2D eigenvalue weighted by Crippen LogP contribution is 2.29. The Labute approximate surface area is 161 Å². The Morgan fingerprint density at radius 3 is 2.44 bits per heavy atom. The van der Waals surface area contributed by atoms with Gasteiger partial charge in [-0.1, -0.05) is 6.07 Å². The van der Waals surface area contributed by atoms with Crippen LogP contribution in [0.5, 0.6) is 0 Å². The van der Waals surface area contributed by atoms with Gasteiger partial charge in [-0.25, -0.2) is 4.98 Å². The molecule has 5 nitrogen and oxygen atoms in total. The number of aryl methyl sites for hydroxylation is 2. The van der Waals surface area contributed by atoms with E-state index in [-0.39, 0.29) is 11.9 Å². The van der Waals surface area contributed by atoms with Crippen LogP contribution >= 0.6 is 0 Å². The number of benzene rings is 1. The van der Waals surface area contributed by atoms with Crippen LogP contribution in [0, 0.1) is 13.8 Å². The van der Waals surface area contributed by atoms with Gasteiger partial charge in [0.15, 0.2) is 0 Å². The average Bonchev–Trinajstić information content (AvgIpc) is 3.11. The van der Waals surface area contributed by atoms with E-state index in [1.165, 1.54) is 0 Å². The second kappa shape index (κ2) is 7.51. The van der Waals surface area contributed by atoms with E-state index in [1.807, 2.05) is 48.8 Å². The first-order valence-electron chi connectivity index (χ1n) is 9.61. The van der Waals surface area contributed by atoms with Crippen molar-refractivity contribution in [1.82, 2.24) is 19.7 Å². The molecule has 0 N–H and O–H groups in total. The molecule has 3 rings (SSSR count). The lowest BCUT2D eigenvalue weighted by molar-refractivity contribution is 0.0775. The van der Waals surface area contributed by atoms with Crippen molar-refractivity contribution in [2.24, 2.45) is 0 Å². The van der Waals surface area contributed by atoms with E-state index in [1.54, 1.807) is 0 Å². The summed E-state index contributed by atoms with van der Waals surface area (Å²) in [6.07, 6.45) is 3.82. The highest BCUT2D eigenvalue weighted by molar-refractivity contribution is 6.08. The molecule has 0 aliphatic heterocycles. The summed E-state index contributed by atoms with van der Waals surface area (Å²) >= 11 is 0. The van der Waals surface area contributed by atoms with E-state index in [0.29, 0.717) is 18.7 Å². The van der Waals surface area contributed by atoms with Crippen molar-refractivity contribution in [2.75, 3.05) is 13.1 Å². The maximum absolute atomic E-state index is 13.2. The van der Waals surface area contributed by atoms with Crippen LogP contribution in [-0.2, 0) is 0 Å². The number of fused-ring (bicyclic) bond motifs is 1. The molecule has 142 valence electrons. The zero-order valence-electron chi connectivity index (χ0n) is 17.1. The fraction of sp³-hybridized carbons (Fsp3) is 0.409. The lowest BCUT2D eigenvalue weighted by Crippen LogP contribution is -2.30. The summed E-state index contributed by atoms with van der Waals surface area (Å²) < 4.78 is 1.91. The largest absolute Gasteiger partial charge is 0.339 e. The van der Waals surface area contributed by atoms with Crippen LogP contribution in [0.25, 0.3) is 22.2 Å². The van der Waals surface area contributed by atoms with E-state index in [9.17, 15) is 4.79 Å². The summed E-state index contributed by atoms with van der Waals surface area (Å²) in [7, 11) is 0. The Morgan fingerprint density at radius 2 is 1.85 bits per heavy atom. The predicted molar refractivity (Wildman–Crippen MR) is 110 cm³/mol. The summed E-state index contributed by atoms with van der Waals surface area (Å²) in [5.41, 5.74) is 5.51. The van der Waals surface area contributed by atoms with Gasteiger partial charge in [0.05, 0.1) is 23.0 Å². The third-order valence-corrected chi connectivity index (χ3v) is 4.96. The van der Waals surface area contributed by atoms with Crippen molar-refractivity contribution in [2.45, 2.75) is 47.6 Å². The second-order valence-electron chi connectivity index (χ2n) is 7.31. The van der Waals surface area contributed by atoms with Gasteiger partial charge in [0.2, 0.25) is 0 Å². The molecule has 0 bridgehead atoms. The van der Waals surface area contributed by atoms with Crippen LogP contribution in [0.2, 0.25) is 0 Å². The summed E-state index contributed by atoms with van der Waals surface area (Å²) in [4.78, 5) is 20.0. The van der Waals surface area contributed by atoms with Crippen LogP contribution < -0.4 is 0 Å². The monoisotopic (exact) mass is 364 g/mol. The zero-order chi connectivity index (χ0) is 19.7. The second-order valence-corrected chi connectivity index (χ2v) is 7.31. The number of rotatable bonds is 5. The SMILES string of the molecule is CCN(CC)C(=O)c1cc(-c2cnn(C(C)C)c2)nc2cc(C)cc(C)c12. The lowest BCUT2D eigenvalue weighted by Gasteiger charge is -2.21. The van der Waals surface area contributed by atoms with Crippen LogP contribution in [0.15, 0.2) is 30.6 Å². The van der Waals surface area contributed by atoms with Crippen LogP contribution in [0.4, 0.5) is 0 Å². The molecule has 0 atom stereocenters. The first kappa shape index (κ1) is 19.1. The topological polar surface area (TPSA) is 51.0 Å². The summed E-state index contributed by atoms with van der Waals surface area (Å²) in [5, 5.41) is 5.37. The van der Waals surface area contributed by atoms with Crippen LogP contribution in [-0.4, -0.2) is 38.7 Å². The molecule has 0 fully saturated rings. The number of pyridine rings is 1. The number of carbonyl (C=O) groups excluding carboxylic acids is 1. The van der Waals surface area contributed by atoms with Gasteiger partial charge in [0.1, 0.15) is 0 Å². The van der Waals surface area contributed by atoms with E-state index in [2.05, 4.69) is 38.0 Å². The molecule has 0 saturated heterocycles. The van der Waals surface area contributed by atoms with Crippen molar-refractivity contribution >= 4 is 16.8 Å². The Balaban J connectivity index is 2.26. The molecule has 0 saturated carbocycles. The molecular formula is C22H28N4O. The van der Waals surface area contributed by atoms with Crippen LogP contribution in [0.1, 0.15) is 55.2 Å². The van der Waals surface area contributed by atoms with Gasteiger partial charge in [-0.2, -0.15) is 5.10 Å². The first-order valence-corrected chi connectivity index (χ1v) is 9.61. The van der Waals surface area contributed by atoms with Gasteiger partial charge in [0, 0.05) is 36.3 Å². The van der Waals surface area contributed by atoms with Crippen molar-refractivity contribution < 1.29 is 4.79 Å². The molecule has 2 heterocycles. The normalized spacial score (nSPS) is 11.4. The van der Waals surface area contributed by atoms with Gasteiger partial charge in [0.25, 0.3) is 5.91 Å². The third-order valence-electron chi connectivity index (χ3n) is 4.96. The van der Waals surface area contributed by atoms with Crippen molar-refractivity contribution in [3.05, 3.63) is 47.3 Å². The maximum Gasteiger partial charge on any atom is 0.254 e. The molecule has 0 spiro atoms. The minimum absolute atomic E-state index is 0.0526. The zero-order valence-corrected chi connectivity index (χ0v) is 17.1. The van der Waals surface area contributed by atoms with Crippen molar-refractivity contribution in [3.8, 4) is 11.3 Å². The standard InChI is InChI=1S/C22H28N4O/c1-7-25(8-2)22(27)18-11-19(17-12-23-26(13-17)14(3)4)24-20-10-15(5)9-16(6)21(18)20/h9-14H,7-8H2,1-6H3. The quantitative estimate of drug-likeness (QED) is 0.655. The first-order chi connectivity index (χ1) is 12.8. The molecular weight excluding hydrogens is 336 g/mol.